The number of aliphatic hydroxyl groups excluding tert-OH is 8. The van der Waals surface area contributed by atoms with Gasteiger partial charge in [-0.05, 0) is 47.1 Å². The van der Waals surface area contributed by atoms with Gasteiger partial charge in [-0.15, -0.1) is 0 Å². The Morgan fingerprint density at radius 3 is 1.37 bits per heavy atom. The van der Waals surface area contributed by atoms with E-state index in [0.717, 1.165) is 21.9 Å². The van der Waals surface area contributed by atoms with Crippen molar-refractivity contribution < 1.29 is 40.9 Å². The smallest absolute Gasteiger partial charge is 0.110 e. The first kappa shape index (κ1) is 28.5. The molecule has 2 aliphatic rings. The summed E-state index contributed by atoms with van der Waals surface area (Å²) in [6, 6.07) is 10.7. The number of hydrogen-bond donors (Lipinski definition) is 8. The van der Waals surface area contributed by atoms with Crippen LogP contribution in [0.2, 0.25) is 0 Å². The van der Waals surface area contributed by atoms with E-state index in [2.05, 4.69) is 0 Å². The lowest BCUT2D eigenvalue weighted by atomic mass is 9.94. The topological polar surface area (TPSA) is 168 Å². The number of aliphatic hydroxyl groups is 8. The first-order valence-corrected chi connectivity index (χ1v) is 12.9. The Morgan fingerprint density at radius 1 is 0.605 bits per heavy atom. The fourth-order valence-corrected chi connectivity index (χ4v) is 5.42. The average molecular weight is 531 g/mol. The molecule has 2 heterocycles. The minimum absolute atomic E-state index is 0.104. The Labute approximate surface area is 221 Å². The molecule has 10 heteroatoms. The van der Waals surface area contributed by atoms with Crippen molar-refractivity contribution >= 4 is 10.8 Å². The SMILES string of the molecule is OCC1C(O)C(O)C(O)CN1/C=C/Cc1cccc2c(C/C=C/N3CC(O)C(O)C(O)C3CO)cccc12. The summed E-state index contributed by atoms with van der Waals surface area (Å²) >= 11 is 0. The van der Waals surface area contributed by atoms with Crippen LogP contribution in [-0.2, 0) is 12.8 Å². The summed E-state index contributed by atoms with van der Waals surface area (Å²) in [7, 11) is 0. The number of β-amino-alcohol motifs (C(OH)–C–C–N with tert-alkyl or cyclic N) is 2. The summed E-state index contributed by atoms with van der Waals surface area (Å²) in [5.74, 6) is 0. The number of benzene rings is 2. The Bertz CT molecular complexity index is 1040. The molecule has 0 aliphatic carbocycles. The van der Waals surface area contributed by atoms with E-state index >= 15 is 0 Å². The molecule has 10 nitrogen and oxygen atoms in total. The zero-order valence-electron chi connectivity index (χ0n) is 21.1. The van der Waals surface area contributed by atoms with E-state index in [4.69, 9.17) is 0 Å². The molecule has 0 bridgehead atoms. The molecule has 8 atom stereocenters. The van der Waals surface area contributed by atoms with Crippen LogP contribution in [0.15, 0.2) is 61.0 Å². The zero-order valence-corrected chi connectivity index (χ0v) is 21.1. The van der Waals surface area contributed by atoms with Crippen molar-refractivity contribution in [3.8, 4) is 0 Å². The van der Waals surface area contributed by atoms with Crippen molar-refractivity contribution in [2.45, 2.75) is 61.5 Å². The summed E-state index contributed by atoms with van der Waals surface area (Å²) < 4.78 is 0. The third kappa shape index (κ3) is 5.88. The fourth-order valence-electron chi connectivity index (χ4n) is 5.42. The summed E-state index contributed by atoms with van der Waals surface area (Å²) in [6.45, 7) is -0.495. The van der Waals surface area contributed by atoms with Crippen LogP contribution in [0.25, 0.3) is 10.8 Å². The van der Waals surface area contributed by atoms with Gasteiger partial charge in [-0.1, -0.05) is 48.6 Å². The van der Waals surface area contributed by atoms with E-state index in [1.165, 1.54) is 0 Å². The van der Waals surface area contributed by atoms with Crippen molar-refractivity contribution in [3.05, 3.63) is 72.1 Å². The molecule has 208 valence electrons. The van der Waals surface area contributed by atoms with Gasteiger partial charge in [-0.2, -0.15) is 0 Å². The van der Waals surface area contributed by atoms with Gasteiger partial charge < -0.3 is 50.7 Å². The molecular weight excluding hydrogens is 492 g/mol. The standard InChI is InChI=1S/C28H38N2O8/c31-15-21-25(35)27(37)23(33)13-29(21)11-3-7-17-5-1-9-19-18(6-2-10-20(17)19)8-4-12-30-14-24(34)28(38)26(36)22(30)16-32/h1-6,9-12,21-28,31-38H,7-8,13-16H2/b11-3+,12-4+. The summed E-state index contributed by atoms with van der Waals surface area (Å²) in [5.41, 5.74) is 2.14. The van der Waals surface area contributed by atoms with Crippen molar-refractivity contribution in [1.29, 1.82) is 0 Å². The number of nitrogens with zero attached hydrogens (tertiary/aromatic N) is 2. The maximum Gasteiger partial charge on any atom is 0.110 e. The molecule has 0 amide bonds. The predicted octanol–water partition coefficient (Wildman–Crippen LogP) is -1.53. The predicted molar refractivity (Wildman–Crippen MR) is 141 cm³/mol. The molecular formula is C28H38N2O8. The van der Waals surface area contributed by atoms with Gasteiger partial charge in [0.05, 0.1) is 37.5 Å². The molecule has 2 aromatic carbocycles. The number of fused-ring (bicyclic) bond motifs is 1. The molecule has 2 saturated heterocycles. The number of likely N-dealkylation sites (tertiary alicyclic amines) is 2. The molecule has 8 unspecified atom stereocenters. The van der Waals surface area contributed by atoms with Crippen LogP contribution < -0.4 is 0 Å². The van der Waals surface area contributed by atoms with Gasteiger partial charge in [0, 0.05) is 13.1 Å². The Morgan fingerprint density at radius 2 is 1.00 bits per heavy atom. The van der Waals surface area contributed by atoms with E-state index in [9.17, 15) is 40.9 Å². The Balaban J connectivity index is 1.47. The van der Waals surface area contributed by atoms with Crippen LogP contribution in [0.3, 0.4) is 0 Å². The summed E-state index contributed by atoms with van der Waals surface area (Å²) in [6.07, 6.45) is 1.10. The minimum Gasteiger partial charge on any atom is -0.394 e. The largest absolute Gasteiger partial charge is 0.394 e. The van der Waals surface area contributed by atoms with Crippen LogP contribution in [0.1, 0.15) is 11.1 Å². The van der Waals surface area contributed by atoms with E-state index < -0.39 is 48.7 Å². The van der Waals surface area contributed by atoms with Gasteiger partial charge in [-0.3, -0.25) is 0 Å². The van der Waals surface area contributed by atoms with E-state index in [1.54, 1.807) is 22.2 Å². The number of hydrogen-bond acceptors (Lipinski definition) is 10. The van der Waals surface area contributed by atoms with Crippen molar-refractivity contribution in [1.82, 2.24) is 9.80 Å². The highest BCUT2D eigenvalue weighted by Crippen LogP contribution is 2.25. The Hall–Kier alpha value is -2.54. The van der Waals surface area contributed by atoms with Crippen molar-refractivity contribution in [2.24, 2.45) is 0 Å². The van der Waals surface area contributed by atoms with Crippen LogP contribution in [0.5, 0.6) is 0 Å². The number of allylic oxidation sites excluding steroid dienone is 2. The summed E-state index contributed by atoms with van der Waals surface area (Å²) in [4.78, 5) is 3.30. The lowest BCUT2D eigenvalue weighted by Gasteiger charge is -2.42. The van der Waals surface area contributed by atoms with Crippen LogP contribution >= 0.6 is 0 Å². The Kier molecular flexibility index (Phi) is 9.40. The second-order valence-corrected chi connectivity index (χ2v) is 10.1. The quantitative estimate of drug-likeness (QED) is 0.201. The molecule has 38 heavy (non-hydrogen) atoms. The highest BCUT2D eigenvalue weighted by atomic mass is 16.4. The molecule has 0 aromatic heterocycles. The van der Waals surface area contributed by atoms with Crippen molar-refractivity contribution in [2.75, 3.05) is 26.3 Å². The third-order valence-electron chi connectivity index (χ3n) is 7.67. The van der Waals surface area contributed by atoms with Gasteiger partial charge in [0.2, 0.25) is 0 Å². The molecule has 2 aliphatic heterocycles. The lowest BCUT2D eigenvalue weighted by molar-refractivity contribution is -0.133. The second-order valence-electron chi connectivity index (χ2n) is 10.1. The molecule has 0 spiro atoms. The van der Waals surface area contributed by atoms with Gasteiger partial charge in [0.1, 0.15) is 24.4 Å². The first-order chi connectivity index (χ1) is 18.3. The minimum atomic E-state index is -1.30. The molecule has 0 radical (unpaired) electrons. The lowest BCUT2D eigenvalue weighted by Crippen LogP contribution is -2.60. The van der Waals surface area contributed by atoms with Crippen LogP contribution in [-0.4, -0.2) is 126 Å². The fraction of sp³-hybridized carbons (Fsp3) is 0.500. The third-order valence-corrected chi connectivity index (χ3v) is 7.67. The van der Waals surface area contributed by atoms with E-state index in [0.29, 0.717) is 12.8 Å². The maximum absolute atomic E-state index is 10.2. The first-order valence-electron chi connectivity index (χ1n) is 12.9. The average Bonchev–Trinajstić information content (AvgIpc) is 2.91. The van der Waals surface area contributed by atoms with Crippen LogP contribution in [0.4, 0.5) is 0 Å². The van der Waals surface area contributed by atoms with Gasteiger partial charge in [-0.25, -0.2) is 0 Å². The van der Waals surface area contributed by atoms with Gasteiger partial charge in [0.15, 0.2) is 0 Å². The monoisotopic (exact) mass is 530 g/mol. The number of piperidine rings is 2. The van der Waals surface area contributed by atoms with E-state index in [1.807, 2.05) is 48.6 Å². The maximum atomic E-state index is 10.2. The number of rotatable bonds is 8. The van der Waals surface area contributed by atoms with Gasteiger partial charge in [0.25, 0.3) is 0 Å². The molecule has 2 aromatic rings. The molecule has 8 N–H and O–H groups in total. The van der Waals surface area contributed by atoms with E-state index in [-0.39, 0.29) is 26.3 Å². The molecule has 2 fully saturated rings. The van der Waals surface area contributed by atoms with Crippen LogP contribution in [0, 0.1) is 0 Å². The molecule has 4 rings (SSSR count). The second kappa shape index (κ2) is 12.5. The summed E-state index contributed by atoms with van der Waals surface area (Å²) in [5, 5.41) is 81.6. The zero-order chi connectivity index (χ0) is 27.4. The van der Waals surface area contributed by atoms with Crippen molar-refractivity contribution in [3.63, 3.8) is 0 Å². The molecule has 0 saturated carbocycles. The van der Waals surface area contributed by atoms with Gasteiger partial charge >= 0.3 is 0 Å². The normalized spacial score (nSPS) is 32.6. The highest BCUT2D eigenvalue weighted by molar-refractivity contribution is 5.89. The highest BCUT2D eigenvalue weighted by Gasteiger charge is 2.40.